The molecule has 11 nitrogen and oxygen atoms in total. The van der Waals surface area contributed by atoms with E-state index in [9.17, 15) is 35.7 Å². The van der Waals surface area contributed by atoms with Gasteiger partial charge in [0, 0.05) is 0 Å². The van der Waals surface area contributed by atoms with Gasteiger partial charge in [0.05, 0.1) is 19.8 Å². The molecule has 0 amide bonds. The maximum atomic E-state index is 10.9. The van der Waals surface area contributed by atoms with Crippen LogP contribution < -0.4 is 5.73 Å². The minimum Gasteiger partial charge on any atom is -0.394 e. The van der Waals surface area contributed by atoms with Crippen LogP contribution in [-0.4, -0.2) is 115 Å². The molecular formula is C12H23NO10. The molecule has 0 unspecified atom stereocenters. The summed E-state index contributed by atoms with van der Waals surface area (Å²) >= 11 is 0. The highest BCUT2D eigenvalue weighted by Gasteiger charge is 2.70. The first kappa shape index (κ1) is 18.9. The van der Waals surface area contributed by atoms with Crippen LogP contribution in [0.5, 0.6) is 0 Å². The third-order valence-electron chi connectivity index (χ3n) is 4.72. The van der Waals surface area contributed by atoms with Crippen molar-refractivity contribution in [3.8, 4) is 0 Å². The molecule has 2 fully saturated rings. The number of rotatable bonds is 3. The number of nitrogens with two attached hydrogens (primary N) is 1. The highest BCUT2D eigenvalue weighted by molar-refractivity contribution is 5.21. The zero-order chi connectivity index (χ0) is 17.6. The lowest BCUT2D eigenvalue weighted by Gasteiger charge is -2.59. The maximum Gasteiger partial charge on any atom is 0.179 e. The molecule has 11 heteroatoms. The molecule has 23 heavy (non-hydrogen) atoms. The van der Waals surface area contributed by atoms with Gasteiger partial charge in [-0.2, -0.15) is 0 Å². The summed E-state index contributed by atoms with van der Waals surface area (Å²) in [4.78, 5) is 0. The predicted octanol–water partition coefficient (Wildman–Crippen LogP) is -6.04. The zero-order valence-corrected chi connectivity index (χ0v) is 12.1. The first-order valence-corrected chi connectivity index (χ1v) is 7.06. The molecule has 0 saturated carbocycles. The van der Waals surface area contributed by atoms with Crippen LogP contribution in [0.3, 0.4) is 0 Å². The smallest absolute Gasteiger partial charge is 0.179 e. The molecular weight excluding hydrogens is 318 g/mol. The quantitative estimate of drug-likeness (QED) is 0.236. The van der Waals surface area contributed by atoms with Crippen LogP contribution in [0.2, 0.25) is 0 Å². The fraction of sp³-hybridized carbons (Fsp3) is 1.00. The van der Waals surface area contributed by atoms with Crippen molar-refractivity contribution in [1.82, 2.24) is 0 Å². The molecule has 2 aliphatic rings. The monoisotopic (exact) mass is 341 g/mol. The van der Waals surface area contributed by atoms with E-state index in [0.717, 1.165) is 0 Å². The maximum absolute atomic E-state index is 10.9. The standard InChI is InChI=1S/C12H23NO10/c13-11(9(19)7(17)5(1-14)23-10(11)20)12(21)6(2-15)22-3-4(16)8(12)18/h4-10,14-21H,1-3,13H2/t4-,5+,6+,7+,8+,9-,10-,11+,12-/m0/s1. The Balaban J connectivity index is 2.49. The average Bonchev–Trinajstić information content (AvgIpc) is 2.54. The van der Waals surface area contributed by atoms with Crippen LogP contribution in [-0.2, 0) is 9.47 Å². The Labute approximate surface area is 131 Å². The summed E-state index contributed by atoms with van der Waals surface area (Å²) < 4.78 is 9.94. The van der Waals surface area contributed by atoms with Crippen LogP contribution in [0.1, 0.15) is 0 Å². The van der Waals surface area contributed by atoms with Gasteiger partial charge >= 0.3 is 0 Å². The highest BCUT2D eigenvalue weighted by atomic mass is 16.6. The molecule has 10 N–H and O–H groups in total. The molecule has 0 spiro atoms. The molecule has 0 bridgehead atoms. The minimum absolute atomic E-state index is 0.431. The number of ether oxygens (including phenoxy) is 2. The SMILES string of the molecule is N[C@@]1([C@@]2(O)[C@H](O)[C@@H](O)CO[C@@H]2CO)[C@@H](O)O[C@H](CO)[C@@H](O)[C@@H]1O. The van der Waals surface area contributed by atoms with Crippen molar-refractivity contribution in [1.29, 1.82) is 0 Å². The van der Waals surface area contributed by atoms with E-state index in [-0.39, 0.29) is 0 Å². The molecule has 0 radical (unpaired) electrons. The number of hydrogen-bond acceptors (Lipinski definition) is 11. The molecule has 2 rings (SSSR count). The van der Waals surface area contributed by atoms with E-state index in [1.54, 1.807) is 0 Å². The first-order chi connectivity index (χ1) is 10.7. The molecule has 0 aromatic heterocycles. The lowest BCUT2D eigenvalue weighted by molar-refractivity contribution is -0.356. The Morgan fingerprint density at radius 3 is 2.13 bits per heavy atom. The largest absolute Gasteiger partial charge is 0.394 e. The first-order valence-electron chi connectivity index (χ1n) is 7.06. The van der Waals surface area contributed by atoms with Crippen molar-refractivity contribution in [3.05, 3.63) is 0 Å². The van der Waals surface area contributed by atoms with E-state index < -0.39 is 73.9 Å². The molecule has 2 saturated heterocycles. The minimum atomic E-state index is -2.76. The Bertz CT molecular complexity index is 423. The number of aliphatic hydroxyl groups is 8. The Hall–Kier alpha value is -0.440. The van der Waals surface area contributed by atoms with Gasteiger partial charge in [-0.15, -0.1) is 0 Å². The lowest BCUT2D eigenvalue weighted by Crippen LogP contribution is -2.87. The van der Waals surface area contributed by atoms with Crippen molar-refractivity contribution in [2.24, 2.45) is 5.73 Å². The number of hydrogen-bond donors (Lipinski definition) is 9. The Morgan fingerprint density at radius 1 is 1.00 bits per heavy atom. The normalized spacial score (nSPS) is 54.9. The summed E-state index contributed by atoms with van der Waals surface area (Å²) in [5, 5.41) is 79.6. The third-order valence-corrected chi connectivity index (χ3v) is 4.72. The van der Waals surface area contributed by atoms with Gasteiger partial charge in [-0.25, -0.2) is 0 Å². The van der Waals surface area contributed by atoms with Gasteiger partial charge in [-0.1, -0.05) is 0 Å². The highest BCUT2D eigenvalue weighted by Crippen LogP contribution is 2.42. The van der Waals surface area contributed by atoms with E-state index in [2.05, 4.69) is 0 Å². The summed E-state index contributed by atoms with van der Waals surface area (Å²) in [7, 11) is 0. The summed E-state index contributed by atoms with van der Waals surface area (Å²) in [5.74, 6) is 0. The second-order valence-electron chi connectivity index (χ2n) is 5.92. The zero-order valence-electron chi connectivity index (χ0n) is 12.1. The molecule has 0 aliphatic carbocycles. The van der Waals surface area contributed by atoms with Gasteiger partial charge in [0.15, 0.2) is 6.29 Å². The van der Waals surface area contributed by atoms with Crippen LogP contribution >= 0.6 is 0 Å². The number of aliphatic hydroxyl groups excluding tert-OH is 7. The third kappa shape index (κ3) is 2.49. The van der Waals surface area contributed by atoms with Crippen LogP contribution in [0.15, 0.2) is 0 Å². The summed E-state index contributed by atoms with van der Waals surface area (Å²) in [6.45, 7) is -2.05. The van der Waals surface area contributed by atoms with E-state index in [1.807, 2.05) is 0 Å². The predicted molar refractivity (Wildman–Crippen MR) is 70.7 cm³/mol. The van der Waals surface area contributed by atoms with Gasteiger partial charge in [-0.3, -0.25) is 0 Å². The van der Waals surface area contributed by atoms with Crippen molar-refractivity contribution in [2.75, 3.05) is 19.8 Å². The average molecular weight is 341 g/mol. The summed E-state index contributed by atoms with van der Waals surface area (Å²) in [6, 6.07) is 0. The molecule has 0 aromatic carbocycles. The van der Waals surface area contributed by atoms with E-state index >= 15 is 0 Å². The molecule has 2 heterocycles. The summed E-state index contributed by atoms with van der Waals surface area (Å²) in [5.41, 5.74) is 0.505. The fourth-order valence-electron chi connectivity index (χ4n) is 3.22. The fourth-order valence-corrected chi connectivity index (χ4v) is 3.22. The lowest BCUT2D eigenvalue weighted by atomic mass is 9.64. The van der Waals surface area contributed by atoms with E-state index in [4.69, 9.17) is 20.3 Å². The van der Waals surface area contributed by atoms with E-state index in [0.29, 0.717) is 0 Å². The van der Waals surface area contributed by atoms with Crippen molar-refractivity contribution < 1.29 is 50.3 Å². The van der Waals surface area contributed by atoms with Crippen LogP contribution in [0.25, 0.3) is 0 Å². The Kier molecular flexibility index (Phi) is 5.31. The van der Waals surface area contributed by atoms with Gasteiger partial charge in [0.2, 0.25) is 0 Å². The second-order valence-corrected chi connectivity index (χ2v) is 5.92. The van der Waals surface area contributed by atoms with Crippen molar-refractivity contribution in [2.45, 2.75) is 54.1 Å². The van der Waals surface area contributed by atoms with E-state index in [1.165, 1.54) is 0 Å². The summed E-state index contributed by atoms with van der Waals surface area (Å²) in [6.07, 6.45) is -12.7. The van der Waals surface area contributed by atoms with Gasteiger partial charge in [0.1, 0.15) is 47.8 Å². The van der Waals surface area contributed by atoms with Gasteiger partial charge in [-0.05, 0) is 0 Å². The molecule has 0 aromatic rings. The Morgan fingerprint density at radius 2 is 1.61 bits per heavy atom. The molecule has 2 aliphatic heterocycles. The van der Waals surface area contributed by atoms with Crippen molar-refractivity contribution >= 4 is 0 Å². The molecule has 136 valence electrons. The van der Waals surface area contributed by atoms with Crippen molar-refractivity contribution in [3.63, 3.8) is 0 Å². The molecule has 9 atom stereocenters. The van der Waals surface area contributed by atoms with Gasteiger partial charge < -0.3 is 56.1 Å². The topological polar surface area (TPSA) is 206 Å². The van der Waals surface area contributed by atoms with Crippen LogP contribution in [0, 0.1) is 0 Å². The second kappa shape index (κ2) is 6.46. The van der Waals surface area contributed by atoms with Crippen LogP contribution in [0.4, 0.5) is 0 Å². The van der Waals surface area contributed by atoms with Gasteiger partial charge in [0.25, 0.3) is 0 Å².